The van der Waals surface area contributed by atoms with Gasteiger partial charge in [0.05, 0.1) is 4.90 Å². The molecule has 2 aromatic rings. The van der Waals surface area contributed by atoms with Crippen LogP contribution in [0.4, 0.5) is 0 Å². The van der Waals surface area contributed by atoms with E-state index in [1.807, 2.05) is 32.0 Å². The Labute approximate surface area is 191 Å². The lowest BCUT2D eigenvalue weighted by Crippen LogP contribution is -2.42. The zero-order valence-electron chi connectivity index (χ0n) is 18.8. The van der Waals surface area contributed by atoms with Crippen molar-refractivity contribution in [3.05, 3.63) is 59.2 Å². The second-order valence-electron chi connectivity index (χ2n) is 8.96. The van der Waals surface area contributed by atoms with Crippen LogP contribution >= 0.6 is 0 Å². The van der Waals surface area contributed by atoms with E-state index in [0.717, 1.165) is 55.4 Å². The molecule has 7 heteroatoms. The Morgan fingerprint density at radius 3 is 2.25 bits per heavy atom. The van der Waals surface area contributed by atoms with Gasteiger partial charge in [-0.05, 0) is 56.0 Å². The molecule has 0 unspecified atom stereocenters. The number of piperidine rings is 1. The van der Waals surface area contributed by atoms with Gasteiger partial charge in [0.1, 0.15) is 11.9 Å². The second-order valence-corrected chi connectivity index (χ2v) is 10.7. The first-order chi connectivity index (χ1) is 15.3. The van der Waals surface area contributed by atoms with E-state index < -0.39 is 10.0 Å². The summed E-state index contributed by atoms with van der Waals surface area (Å²) < 4.78 is 34.6. The lowest BCUT2D eigenvalue weighted by molar-refractivity contribution is 0.0593. The molecule has 2 fully saturated rings. The Bertz CT molecular complexity index is 1050. The number of carbonyl (C=O) groups is 1. The number of hydrogen-bond donors (Lipinski definition) is 1. The zero-order valence-corrected chi connectivity index (χ0v) is 19.7. The van der Waals surface area contributed by atoms with Crippen molar-refractivity contribution in [2.75, 3.05) is 13.1 Å². The Morgan fingerprint density at radius 1 is 0.969 bits per heavy atom. The van der Waals surface area contributed by atoms with Gasteiger partial charge in [0.2, 0.25) is 10.0 Å². The lowest BCUT2D eigenvalue weighted by Gasteiger charge is -2.33. The molecule has 1 N–H and O–H groups in total. The molecule has 0 radical (unpaired) electrons. The van der Waals surface area contributed by atoms with Gasteiger partial charge in [-0.2, -0.15) is 0 Å². The molecule has 1 aliphatic heterocycles. The van der Waals surface area contributed by atoms with E-state index in [1.54, 1.807) is 23.1 Å². The summed E-state index contributed by atoms with van der Waals surface area (Å²) in [5.74, 6) is 0.804. The summed E-state index contributed by atoms with van der Waals surface area (Å²) in [7, 11) is -3.62. The number of para-hydroxylation sites is 1. The monoisotopic (exact) mass is 456 g/mol. The van der Waals surface area contributed by atoms with Crippen LogP contribution in [0.5, 0.6) is 5.75 Å². The Balaban J connectivity index is 1.38. The average molecular weight is 457 g/mol. The van der Waals surface area contributed by atoms with Gasteiger partial charge in [-0.15, -0.1) is 0 Å². The molecule has 0 bridgehead atoms. The number of aryl methyl sites for hydroxylation is 2. The molecule has 1 aliphatic carbocycles. The maximum Gasteiger partial charge on any atom is 0.253 e. The van der Waals surface area contributed by atoms with Crippen molar-refractivity contribution in [1.29, 1.82) is 0 Å². The van der Waals surface area contributed by atoms with Crippen molar-refractivity contribution in [1.82, 2.24) is 9.62 Å². The van der Waals surface area contributed by atoms with Crippen LogP contribution in [0.25, 0.3) is 0 Å². The molecule has 2 aromatic carbocycles. The van der Waals surface area contributed by atoms with Gasteiger partial charge >= 0.3 is 0 Å². The first-order valence-corrected chi connectivity index (χ1v) is 13.0. The van der Waals surface area contributed by atoms with E-state index in [-0.39, 0.29) is 22.9 Å². The van der Waals surface area contributed by atoms with Gasteiger partial charge in [-0.25, -0.2) is 13.1 Å². The van der Waals surface area contributed by atoms with Crippen molar-refractivity contribution in [2.45, 2.75) is 69.4 Å². The topological polar surface area (TPSA) is 75.7 Å². The van der Waals surface area contributed by atoms with Crippen LogP contribution in [0.1, 0.15) is 60.0 Å². The highest BCUT2D eigenvalue weighted by atomic mass is 32.2. The van der Waals surface area contributed by atoms with Crippen LogP contribution in [0.3, 0.4) is 0 Å². The Hall–Kier alpha value is -2.38. The summed E-state index contributed by atoms with van der Waals surface area (Å²) in [5, 5.41) is 0. The van der Waals surface area contributed by atoms with E-state index in [9.17, 15) is 13.2 Å². The van der Waals surface area contributed by atoms with Crippen LogP contribution in [0, 0.1) is 13.8 Å². The largest absolute Gasteiger partial charge is 0.490 e. The van der Waals surface area contributed by atoms with Gasteiger partial charge in [-0.1, -0.05) is 37.1 Å². The van der Waals surface area contributed by atoms with E-state index in [0.29, 0.717) is 18.7 Å². The fourth-order valence-electron chi connectivity index (χ4n) is 4.64. The predicted octanol–water partition coefficient (Wildman–Crippen LogP) is 4.21. The number of nitrogens with zero attached hydrogens (tertiary/aromatic N) is 1. The molecule has 0 aromatic heterocycles. The molecule has 1 saturated heterocycles. The molecular formula is C25H32N2O4S. The van der Waals surface area contributed by atoms with Gasteiger partial charge in [0.25, 0.3) is 5.91 Å². The molecule has 6 nitrogen and oxygen atoms in total. The van der Waals surface area contributed by atoms with E-state index >= 15 is 0 Å². The number of carbonyl (C=O) groups excluding carboxylic acids is 1. The number of rotatable bonds is 6. The maximum absolute atomic E-state index is 13.1. The van der Waals surface area contributed by atoms with Crippen LogP contribution < -0.4 is 9.46 Å². The summed E-state index contributed by atoms with van der Waals surface area (Å²) in [6.45, 7) is 5.27. The van der Waals surface area contributed by atoms with Crippen LogP contribution in [0.15, 0.2) is 47.4 Å². The smallest absolute Gasteiger partial charge is 0.253 e. The molecule has 1 amide bonds. The minimum absolute atomic E-state index is 0.00438. The predicted molar refractivity (Wildman–Crippen MR) is 124 cm³/mol. The zero-order chi connectivity index (χ0) is 22.7. The Morgan fingerprint density at radius 2 is 1.59 bits per heavy atom. The number of likely N-dealkylation sites (tertiary alicyclic amines) is 1. The first-order valence-electron chi connectivity index (χ1n) is 11.5. The second kappa shape index (κ2) is 9.63. The van der Waals surface area contributed by atoms with Crippen molar-refractivity contribution in [2.24, 2.45) is 0 Å². The molecule has 0 atom stereocenters. The number of sulfonamides is 1. The molecule has 172 valence electrons. The number of amides is 1. The number of ether oxygens (including phenoxy) is 1. The van der Waals surface area contributed by atoms with Crippen molar-refractivity contribution >= 4 is 15.9 Å². The third kappa shape index (κ3) is 5.15. The van der Waals surface area contributed by atoms with Crippen molar-refractivity contribution in [3.8, 4) is 5.75 Å². The fraction of sp³-hybridized carbons (Fsp3) is 0.480. The van der Waals surface area contributed by atoms with Crippen LogP contribution in [-0.4, -0.2) is 44.5 Å². The van der Waals surface area contributed by atoms with Crippen molar-refractivity contribution in [3.63, 3.8) is 0 Å². The third-order valence-electron chi connectivity index (χ3n) is 6.49. The summed E-state index contributed by atoms with van der Waals surface area (Å²) in [5.41, 5.74) is 2.65. The Kier molecular flexibility index (Phi) is 6.86. The summed E-state index contributed by atoms with van der Waals surface area (Å²) >= 11 is 0. The summed E-state index contributed by atoms with van der Waals surface area (Å²) in [4.78, 5) is 15.0. The van der Waals surface area contributed by atoms with Gasteiger partial charge < -0.3 is 9.64 Å². The van der Waals surface area contributed by atoms with Crippen LogP contribution in [0.2, 0.25) is 0 Å². The van der Waals surface area contributed by atoms with Crippen molar-refractivity contribution < 1.29 is 17.9 Å². The SMILES string of the molecule is Cc1cccc(C)c1OC1CCN(C(=O)c2cccc(S(=O)(=O)NC3CCCC3)c2)CC1. The van der Waals surface area contributed by atoms with Crippen LogP contribution in [-0.2, 0) is 10.0 Å². The number of hydrogen-bond acceptors (Lipinski definition) is 4. The molecule has 0 spiro atoms. The average Bonchev–Trinajstić information content (AvgIpc) is 3.29. The van der Waals surface area contributed by atoms with Gasteiger partial charge in [0, 0.05) is 37.5 Å². The molecule has 32 heavy (non-hydrogen) atoms. The highest BCUT2D eigenvalue weighted by Crippen LogP contribution is 2.27. The standard InChI is InChI=1S/C25H32N2O4S/c1-18-7-5-8-19(2)24(18)31-22-13-15-27(16-14-22)25(28)20-9-6-12-23(17-20)32(29,30)26-21-10-3-4-11-21/h5-9,12,17,21-22,26H,3-4,10-11,13-16H2,1-2H3. The quantitative estimate of drug-likeness (QED) is 0.707. The minimum atomic E-state index is -3.62. The van der Waals surface area contributed by atoms with E-state index in [1.165, 1.54) is 6.07 Å². The minimum Gasteiger partial charge on any atom is -0.490 e. The highest BCUT2D eigenvalue weighted by molar-refractivity contribution is 7.89. The highest BCUT2D eigenvalue weighted by Gasteiger charge is 2.27. The molecule has 2 aliphatic rings. The number of nitrogens with one attached hydrogen (secondary N) is 1. The number of benzene rings is 2. The summed E-state index contributed by atoms with van der Waals surface area (Å²) in [6.07, 6.45) is 5.42. The van der Waals surface area contributed by atoms with E-state index in [4.69, 9.17) is 4.74 Å². The van der Waals surface area contributed by atoms with Gasteiger partial charge in [0.15, 0.2) is 0 Å². The fourth-order valence-corrected chi connectivity index (χ4v) is 5.99. The first kappa shape index (κ1) is 22.8. The lowest BCUT2D eigenvalue weighted by atomic mass is 10.1. The molecule has 1 heterocycles. The summed E-state index contributed by atoms with van der Waals surface area (Å²) in [6, 6.07) is 12.5. The molecule has 4 rings (SSSR count). The normalized spacial score (nSPS) is 18.1. The molecular weight excluding hydrogens is 424 g/mol. The maximum atomic E-state index is 13.1. The third-order valence-corrected chi connectivity index (χ3v) is 8.01. The molecule has 1 saturated carbocycles. The van der Waals surface area contributed by atoms with Gasteiger partial charge in [-0.3, -0.25) is 4.79 Å². The van der Waals surface area contributed by atoms with E-state index in [2.05, 4.69) is 4.72 Å².